The van der Waals surface area contributed by atoms with E-state index in [4.69, 9.17) is 0 Å². The SMILES string of the molecule is O=C(NC[C@H]1CCN(Cc2ccccc2)C1)C1CC=CC1. The summed E-state index contributed by atoms with van der Waals surface area (Å²) < 4.78 is 0. The normalized spacial score (nSPS) is 22.8. The molecule has 112 valence electrons. The predicted molar refractivity (Wildman–Crippen MR) is 84.7 cm³/mol. The van der Waals surface area contributed by atoms with Crippen LogP contribution in [0.15, 0.2) is 42.5 Å². The summed E-state index contributed by atoms with van der Waals surface area (Å²) in [6, 6.07) is 10.6. The van der Waals surface area contributed by atoms with Crippen LogP contribution in [0.25, 0.3) is 0 Å². The molecule has 1 aromatic rings. The van der Waals surface area contributed by atoms with Crippen molar-refractivity contribution in [2.45, 2.75) is 25.8 Å². The Kier molecular flexibility index (Phi) is 4.71. The zero-order valence-electron chi connectivity index (χ0n) is 12.5. The van der Waals surface area contributed by atoms with Gasteiger partial charge < -0.3 is 5.32 Å². The highest BCUT2D eigenvalue weighted by Crippen LogP contribution is 2.20. The molecule has 1 aliphatic heterocycles. The van der Waals surface area contributed by atoms with Gasteiger partial charge in [-0.1, -0.05) is 42.5 Å². The van der Waals surface area contributed by atoms with Crippen LogP contribution in [0, 0.1) is 11.8 Å². The van der Waals surface area contributed by atoms with Gasteiger partial charge in [0, 0.05) is 25.6 Å². The van der Waals surface area contributed by atoms with E-state index in [9.17, 15) is 4.79 Å². The van der Waals surface area contributed by atoms with Crippen LogP contribution >= 0.6 is 0 Å². The van der Waals surface area contributed by atoms with Crippen LogP contribution in [0.4, 0.5) is 0 Å². The Bertz CT molecular complexity index is 489. The smallest absolute Gasteiger partial charge is 0.223 e. The molecular weight excluding hydrogens is 260 g/mol. The molecular formula is C18H24N2O. The number of carbonyl (C=O) groups excluding carboxylic acids is 1. The van der Waals surface area contributed by atoms with E-state index in [1.807, 2.05) is 0 Å². The molecule has 3 heteroatoms. The second-order valence-corrected chi connectivity index (χ2v) is 6.26. The molecule has 1 fully saturated rings. The van der Waals surface area contributed by atoms with Gasteiger partial charge in [0.1, 0.15) is 0 Å². The number of likely N-dealkylation sites (tertiary alicyclic amines) is 1. The van der Waals surface area contributed by atoms with Crippen molar-refractivity contribution in [2.24, 2.45) is 11.8 Å². The monoisotopic (exact) mass is 284 g/mol. The van der Waals surface area contributed by atoms with Gasteiger partial charge in [-0.25, -0.2) is 0 Å². The molecule has 0 saturated carbocycles. The second kappa shape index (κ2) is 6.90. The lowest BCUT2D eigenvalue weighted by Gasteiger charge is -2.17. The van der Waals surface area contributed by atoms with Gasteiger partial charge in [-0.3, -0.25) is 9.69 Å². The number of carbonyl (C=O) groups is 1. The minimum atomic E-state index is 0.187. The van der Waals surface area contributed by atoms with Crippen molar-refractivity contribution in [1.82, 2.24) is 10.2 Å². The molecule has 0 unspecified atom stereocenters. The van der Waals surface area contributed by atoms with Gasteiger partial charge in [-0.15, -0.1) is 0 Å². The average Bonchev–Trinajstić information content (AvgIpc) is 3.17. The van der Waals surface area contributed by atoms with Crippen molar-refractivity contribution in [1.29, 1.82) is 0 Å². The zero-order valence-corrected chi connectivity index (χ0v) is 12.5. The molecule has 1 atom stereocenters. The van der Waals surface area contributed by atoms with Crippen molar-refractivity contribution >= 4 is 5.91 Å². The highest BCUT2D eigenvalue weighted by molar-refractivity contribution is 5.79. The summed E-state index contributed by atoms with van der Waals surface area (Å²) in [6.07, 6.45) is 7.24. The molecule has 3 rings (SSSR count). The van der Waals surface area contributed by atoms with Gasteiger partial charge in [-0.2, -0.15) is 0 Å². The molecule has 1 saturated heterocycles. The average molecular weight is 284 g/mol. The van der Waals surface area contributed by atoms with E-state index in [-0.39, 0.29) is 11.8 Å². The van der Waals surface area contributed by atoms with E-state index in [0.29, 0.717) is 5.92 Å². The zero-order chi connectivity index (χ0) is 14.5. The highest BCUT2D eigenvalue weighted by Gasteiger charge is 2.24. The summed E-state index contributed by atoms with van der Waals surface area (Å²) in [6.45, 7) is 4.09. The maximum atomic E-state index is 12.0. The molecule has 0 aromatic heterocycles. The molecule has 0 spiro atoms. The van der Waals surface area contributed by atoms with Crippen LogP contribution in [-0.2, 0) is 11.3 Å². The largest absolute Gasteiger partial charge is 0.356 e. The number of benzene rings is 1. The van der Waals surface area contributed by atoms with Gasteiger partial charge >= 0.3 is 0 Å². The molecule has 1 aromatic carbocycles. The quantitative estimate of drug-likeness (QED) is 0.843. The number of nitrogens with one attached hydrogen (secondary N) is 1. The standard InChI is InChI=1S/C18H24N2O/c21-18(17-8-4-5-9-17)19-12-16-10-11-20(14-16)13-15-6-2-1-3-7-15/h1-7,16-17H,8-14H2,(H,19,21)/t16-/m1/s1. The highest BCUT2D eigenvalue weighted by atomic mass is 16.1. The lowest BCUT2D eigenvalue weighted by atomic mass is 10.1. The van der Waals surface area contributed by atoms with E-state index in [0.717, 1.165) is 39.0 Å². The van der Waals surface area contributed by atoms with Gasteiger partial charge in [-0.05, 0) is 37.3 Å². The Balaban J connectivity index is 1.39. The first-order valence-corrected chi connectivity index (χ1v) is 8.00. The molecule has 0 radical (unpaired) electrons. The van der Waals surface area contributed by atoms with Gasteiger partial charge in [0.05, 0.1) is 0 Å². The van der Waals surface area contributed by atoms with Crippen LogP contribution in [0.5, 0.6) is 0 Å². The number of nitrogens with zero attached hydrogens (tertiary/aromatic N) is 1. The maximum Gasteiger partial charge on any atom is 0.223 e. The molecule has 3 nitrogen and oxygen atoms in total. The first kappa shape index (κ1) is 14.3. The third-order valence-corrected chi connectivity index (χ3v) is 4.56. The topological polar surface area (TPSA) is 32.3 Å². The maximum absolute atomic E-state index is 12.0. The third kappa shape index (κ3) is 3.94. The summed E-state index contributed by atoms with van der Waals surface area (Å²) >= 11 is 0. The van der Waals surface area contributed by atoms with Crippen LogP contribution in [-0.4, -0.2) is 30.4 Å². The summed E-state index contributed by atoms with van der Waals surface area (Å²) in [5, 5.41) is 3.15. The molecule has 1 aliphatic carbocycles. The van der Waals surface area contributed by atoms with E-state index in [1.165, 1.54) is 12.0 Å². The van der Waals surface area contributed by atoms with Crippen LogP contribution in [0.3, 0.4) is 0 Å². The summed E-state index contributed by atoms with van der Waals surface area (Å²) in [5.41, 5.74) is 1.37. The Morgan fingerprint density at radius 3 is 2.71 bits per heavy atom. The molecule has 1 heterocycles. The number of allylic oxidation sites excluding steroid dienone is 2. The van der Waals surface area contributed by atoms with E-state index in [1.54, 1.807) is 0 Å². The molecule has 1 amide bonds. The van der Waals surface area contributed by atoms with E-state index < -0.39 is 0 Å². The first-order valence-electron chi connectivity index (χ1n) is 8.00. The summed E-state index contributed by atoms with van der Waals surface area (Å²) in [5.74, 6) is 1.03. The van der Waals surface area contributed by atoms with Gasteiger partial charge in [0.15, 0.2) is 0 Å². The molecule has 1 N–H and O–H groups in total. The summed E-state index contributed by atoms with van der Waals surface area (Å²) in [4.78, 5) is 14.5. The Morgan fingerprint density at radius 2 is 1.95 bits per heavy atom. The lowest BCUT2D eigenvalue weighted by Crippen LogP contribution is -2.34. The minimum Gasteiger partial charge on any atom is -0.356 e. The number of hydrogen-bond acceptors (Lipinski definition) is 2. The van der Waals surface area contributed by atoms with E-state index in [2.05, 4.69) is 52.7 Å². The van der Waals surface area contributed by atoms with E-state index >= 15 is 0 Å². The van der Waals surface area contributed by atoms with Gasteiger partial charge in [0.2, 0.25) is 5.91 Å². The number of rotatable bonds is 5. The minimum absolute atomic E-state index is 0.187. The Labute approximate surface area is 127 Å². The fraction of sp³-hybridized carbons (Fsp3) is 0.500. The molecule has 0 bridgehead atoms. The van der Waals surface area contributed by atoms with Crippen LogP contribution in [0.1, 0.15) is 24.8 Å². The Morgan fingerprint density at radius 1 is 1.19 bits per heavy atom. The van der Waals surface area contributed by atoms with Crippen molar-refractivity contribution in [2.75, 3.05) is 19.6 Å². The Hall–Kier alpha value is -1.61. The van der Waals surface area contributed by atoms with Crippen LogP contribution in [0.2, 0.25) is 0 Å². The van der Waals surface area contributed by atoms with Crippen molar-refractivity contribution in [3.05, 3.63) is 48.0 Å². The first-order chi connectivity index (χ1) is 10.3. The predicted octanol–water partition coefficient (Wildman–Crippen LogP) is 2.59. The second-order valence-electron chi connectivity index (χ2n) is 6.26. The van der Waals surface area contributed by atoms with Crippen molar-refractivity contribution < 1.29 is 4.79 Å². The number of amides is 1. The fourth-order valence-electron chi connectivity index (χ4n) is 3.29. The lowest BCUT2D eigenvalue weighted by molar-refractivity contribution is -0.124. The van der Waals surface area contributed by atoms with Crippen molar-refractivity contribution in [3.8, 4) is 0 Å². The summed E-state index contributed by atoms with van der Waals surface area (Å²) in [7, 11) is 0. The number of hydrogen-bond donors (Lipinski definition) is 1. The fourth-order valence-corrected chi connectivity index (χ4v) is 3.29. The third-order valence-electron chi connectivity index (χ3n) is 4.56. The molecule has 21 heavy (non-hydrogen) atoms. The molecule has 2 aliphatic rings. The van der Waals surface area contributed by atoms with Crippen LogP contribution < -0.4 is 5.32 Å². The van der Waals surface area contributed by atoms with Crippen molar-refractivity contribution in [3.63, 3.8) is 0 Å². The van der Waals surface area contributed by atoms with Gasteiger partial charge in [0.25, 0.3) is 0 Å².